The molecule has 47 heavy (non-hydrogen) atoms. The number of carbonyl (C=O) groups is 2. The molecule has 0 fully saturated rings. The Morgan fingerprint density at radius 2 is 1.04 bits per heavy atom. The number of rotatable bonds is 2. The minimum absolute atomic E-state index is 0.202. The second-order valence-corrected chi connectivity index (χ2v) is 13.7. The normalized spacial score (nSPS) is 19.2. The Kier molecular flexibility index (Phi) is 10.0. The van der Waals surface area contributed by atoms with Crippen LogP contribution in [0.25, 0.3) is 11.1 Å². The van der Waals surface area contributed by atoms with Crippen molar-refractivity contribution in [1.29, 1.82) is 0 Å². The van der Waals surface area contributed by atoms with E-state index in [1.54, 1.807) is 41.7 Å². The third-order valence-electron chi connectivity index (χ3n) is 8.28. The molecule has 0 saturated carbocycles. The molecule has 2 heterocycles. The molecule has 2 aliphatic heterocycles. The molecule has 240 valence electrons. The maximum atomic E-state index is 13.0. The summed E-state index contributed by atoms with van der Waals surface area (Å²) < 4.78 is 0. The molecule has 4 nitrogen and oxygen atoms in total. The highest BCUT2D eigenvalue weighted by molar-refractivity contribution is 8.06. The topological polar surface area (TPSA) is 40.6 Å². The monoisotopic (exact) mass is 658 g/mol. The average molecular weight is 659 g/mol. The molecule has 3 aromatic carbocycles. The van der Waals surface area contributed by atoms with Gasteiger partial charge in [0.15, 0.2) is 11.6 Å². The lowest BCUT2D eigenvalue weighted by molar-refractivity contribution is 0.0988. The van der Waals surface area contributed by atoms with Gasteiger partial charge in [0.25, 0.3) is 0 Å². The van der Waals surface area contributed by atoms with Crippen LogP contribution in [0.15, 0.2) is 117 Å². The lowest BCUT2D eigenvalue weighted by Crippen LogP contribution is -2.11. The van der Waals surface area contributed by atoms with Crippen LogP contribution in [0.5, 0.6) is 0 Å². The Balaban J connectivity index is 0.000000822. The molecule has 2 aliphatic carbocycles. The van der Waals surface area contributed by atoms with Gasteiger partial charge in [-0.2, -0.15) is 0 Å². The zero-order valence-corrected chi connectivity index (χ0v) is 30.2. The molecule has 7 rings (SSSR count). The first-order chi connectivity index (χ1) is 22.5. The summed E-state index contributed by atoms with van der Waals surface area (Å²) in [4.78, 5) is 32.7. The van der Waals surface area contributed by atoms with Gasteiger partial charge in [-0.05, 0) is 78.1 Å². The van der Waals surface area contributed by atoms with Crippen LogP contribution in [-0.2, 0) is 0 Å². The second-order valence-electron chi connectivity index (χ2n) is 11.7. The molecule has 4 aliphatic rings. The highest BCUT2D eigenvalue weighted by atomic mass is 32.2. The number of benzene rings is 3. The number of anilines is 2. The third kappa shape index (κ3) is 6.01. The van der Waals surface area contributed by atoms with Gasteiger partial charge in [-0.25, -0.2) is 0 Å². The van der Waals surface area contributed by atoms with Gasteiger partial charge >= 0.3 is 0 Å². The van der Waals surface area contributed by atoms with E-state index in [1.807, 2.05) is 40.0 Å². The Morgan fingerprint density at radius 3 is 1.57 bits per heavy atom. The smallest absolute Gasteiger partial charge is 0.197 e. The molecule has 0 N–H and O–H groups in total. The van der Waals surface area contributed by atoms with Gasteiger partial charge in [-0.3, -0.25) is 9.59 Å². The summed E-state index contributed by atoms with van der Waals surface area (Å²) in [6.45, 7) is 21.0. The van der Waals surface area contributed by atoms with Crippen molar-refractivity contribution >= 4 is 57.6 Å². The van der Waals surface area contributed by atoms with Crippen LogP contribution < -0.4 is 9.80 Å². The highest BCUT2D eigenvalue weighted by Crippen LogP contribution is 2.57. The van der Waals surface area contributed by atoms with Crippen LogP contribution in [0.3, 0.4) is 0 Å². The van der Waals surface area contributed by atoms with E-state index in [-0.39, 0.29) is 17.1 Å². The van der Waals surface area contributed by atoms with Gasteiger partial charge in [0.2, 0.25) is 0 Å². The number of aryl methyl sites for hydroxylation is 2. The summed E-state index contributed by atoms with van der Waals surface area (Å²) in [7, 11) is 4.11. The van der Waals surface area contributed by atoms with Gasteiger partial charge in [0, 0.05) is 25.2 Å². The van der Waals surface area contributed by atoms with Gasteiger partial charge in [-0.15, -0.1) is 0 Å². The number of fused-ring (bicyclic) bond motifs is 5. The first-order valence-electron chi connectivity index (χ1n) is 16.1. The Morgan fingerprint density at radius 1 is 0.617 bits per heavy atom. The maximum Gasteiger partial charge on any atom is 0.197 e. The van der Waals surface area contributed by atoms with Crippen LogP contribution in [0, 0.1) is 13.8 Å². The predicted octanol–water partition coefficient (Wildman–Crippen LogP) is 11.2. The summed E-state index contributed by atoms with van der Waals surface area (Å²) in [5, 5.41) is 2.09. The fraction of sp³-hybridized carbons (Fsp3) is 0.220. The number of hydrogen-bond acceptors (Lipinski definition) is 6. The van der Waals surface area contributed by atoms with E-state index in [0.717, 1.165) is 54.8 Å². The van der Waals surface area contributed by atoms with Gasteiger partial charge in [0.1, 0.15) is 0 Å². The standard InChI is InChI=1S/C36H28N2O2S2.C3H8.C2H6/c1-19-7-9-24-21(3)23(22(4)27(24)17-19)11-15-31-37(5)29-13-14-30-36(35(29)41-31)42-32(38(30)6)16-12-26-33(39)25-10-8-20(2)18-28(25)34(26)40;1-3-2;1-2/h7-18H,3-4H2,1-2,5-6H3;3H2,1-2H3;1-2H3/b23-11-,26-12-,31-15-,32-16-;;. The molecule has 0 atom stereocenters. The number of hydrogen-bond donors (Lipinski definition) is 0. The Hall–Kier alpha value is -4.26. The minimum atomic E-state index is -0.206. The predicted molar refractivity (Wildman–Crippen MR) is 204 cm³/mol. The molecular weight excluding hydrogens is 617 g/mol. The first kappa shape index (κ1) is 34.1. The minimum Gasteiger partial charge on any atom is -0.338 e. The molecule has 3 aromatic rings. The molecule has 0 spiro atoms. The van der Waals surface area contributed by atoms with Gasteiger partial charge in [-0.1, -0.05) is 118 Å². The zero-order valence-electron chi connectivity index (χ0n) is 28.6. The average Bonchev–Trinajstić information content (AvgIpc) is 3.71. The van der Waals surface area contributed by atoms with Crippen molar-refractivity contribution in [2.75, 3.05) is 23.9 Å². The SMILES string of the molecule is C=C1/C(=C/C=C2\Sc3c(ccc4c3S/C(=C\C=C3\C(=O)c5ccc(C)cc5C3=O)N4C)N2C)C(=C)c2cc(C)ccc21.CC.CCC. The fourth-order valence-corrected chi connectivity index (χ4v) is 8.31. The summed E-state index contributed by atoms with van der Waals surface area (Å²) in [6.07, 6.45) is 9.12. The Labute approximate surface area is 288 Å². The van der Waals surface area contributed by atoms with Crippen LogP contribution >= 0.6 is 23.5 Å². The first-order valence-corrected chi connectivity index (χ1v) is 17.7. The largest absolute Gasteiger partial charge is 0.338 e. The molecule has 0 amide bonds. The summed E-state index contributed by atoms with van der Waals surface area (Å²) in [5.41, 5.74) is 11.0. The van der Waals surface area contributed by atoms with Crippen molar-refractivity contribution in [1.82, 2.24) is 0 Å². The van der Waals surface area contributed by atoms with Crippen molar-refractivity contribution in [2.45, 2.75) is 57.8 Å². The van der Waals surface area contributed by atoms with Crippen LogP contribution in [0.4, 0.5) is 11.4 Å². The van der Waals surface area contributed by atoms with Gasteiger partial charge < -0.3 is 9.80 Å². The van der Waals surface area contributed by atoms with E-state index >= 15 is 0 Å². The van der Waals surface area contributed by atoms with Crippen molar-refractivity contribution in [3.05, 3.63) is 141 Å². The zero-order chi connectivity index (χ0) is 34.2. The number of allylic oxidation sites excluding steroid dienone is 8. The van der Waals surface area contributed by atoms with Crippen molar-refractivity contribution in [2.24, 2.45) is 0 Å². The maximum absolute atomic E-state index is 13.0. The van der Waals surface area contributed by atoms with E-state index in [0.29, 0.717) is 11.1 Å². The number of nitrogens with zero attached hydrogens (tertiary/aromatic N) is 2. The van der Waals surface area contributed by atoms with E-state index in [2.05, 4.69) is 93.3 Å². The van der Waals surface area contributed by atoms with Crippen LogP contribution in [0.1, 0.15) is 77.1 Å². The molecule has 0 radical (unpaired) electrons. The van der Waals surface area contributed by atoms with Gasteiger partial charge in [0.05, 0.1) is 36.8 Å². The van der Waals surface area contributed by atoms with E-state index in [1.165, 1.54) is 21.8 Å². The quantitative estimate of drug-likeness (QED) is 0.202. The van der Waals surface area contributed by atoms with E-state index < -0.39 is 0 Å². The van der Waals surface area contributed by atoms with Crippen LogP contribution in [-0.4, -0.2) is 25.7 Å². The summed E-state index contributed by atoms with van der Waals surface area (Å²) in [6, 6.07) is 16.1. The molecule has 0 saturated heterocycles. The summed E-state index contributed by atoms with van der Waals surface area (Å²) in [5.74, 6) is -0.408. The van der Waals surface area contributed by atoms with E-state index in [4.69, 9.17) is 0 Å². The lowest BCUT2D eigenvalue weighted by atomic mass is 10.0. The number of carbonyl (C=O) groups excluding carboxylic acids is 2. The highest BCUT2D eigenvalue weighted by Gasteiger charge is 2.35. The fourth-order valence-electron chi connectivity index (χ4n) is 5.88. The van der Waals surface area contributed by atoms with Crippen molar-refractivity contribution in [3.63, 3.8) is 0 Å². The number of Topliss-reactive ketones (excluding diaryl/α,β-unsaturated/α-hetero) is 2. The molecular formula is C41H42N2O2S2. The second kappa shape index (κ2) is 13.8. The third-order valence-corrected chi connectivity index (χ3v) is 10.9. The molecule has 0 aromatic heterocycles. The Bertz CT molecular complexity index is 1830. The van der Waals surface area contributed by atoms with Crippen LogP contribution in [0.2, 0.25) is 0 Å². The number of ketones is 2. The number of thioether (sulfide) groups is 2. The lowest BCUT2D eigenvalue weighted by Gasteiger charge is -2.15. The van der Waals surface area contributed by atoms with E-state index in [9.17, 15) is 9.59 Å². The van der Waals surface area contributed by atoms with Crippen molar-refractivity contribution in [3.8, 4) is 0 Å². The molecule has 6 heteroatoms. The summed E-state index contributed by atoms with van der Waals surface area (Å²) >= 11 is 3.41. The molecule has 0 bridgehead atoms. The molecule has 0 unspecified atom stereocenters. The van der Waals surface area contributed by atoms with Crippen molar-refractivity contribution < 1.29 is 9.59 Å².